The van der Waals surface area contributed by atoms with Crippen LogP contribution in [0.25, 0.3) is 5.57 Å². The number of thiazole rings is 1. The van der Waals surface area contributed by atoms with Gasteiger partial charge < -0.3 is 0 Å². The van der Waals surface area contributed by atoms with Crippen LogP contribution in [-0.4, -0.2) is 18.3 Å². The third kappa shape index (κ3) is 2.26. The summed E-state index contributed by atoms with van der Waals surface area (Å²) in [5.41, 5.74) is 3.28. The second-order valence-electron chi connectivity index (χ2n) is 3.69. The molecule has 0 spiro atoms. The van der Waals surface area contributed by atoms with Gasteiger partial charge in [-0.3, -0.25) is 5.43 Å². The Hall–Kier alpha value is -0.915. The number of rotatable bonds is 2. The molecule has 0 saturated heterocycles. The fraction of sp³-hybridized carbons (Fsp3) is 0.375. The standard InChI is InChI=1S/C8H9BClN5S/c1-8(9)2-4(3-12-15-8)5-6(10)16-7(13-5)14-11/h3H,2,11H2,1H3,(H,13,14). The van der Waals surface area contributed by atoms with Crippen LogP contribution in [0.4, 0.5) is 5.13 Å². The molecule has 3 N–H and O–H groups in total. The average molecular weight is 254 g/mol. The third-order valence-electron chi connectivity index (χ3n) is 2.06. The van der Waals surface area contributed by atoms with E-state index < -0.39 is 5.44 Å². The van der Waals surface area contributed by atoms with Crippen molar-refractivity contribution in [1.82, 2.24) is 4.98 Å². The van der Waals surface area contributed by atoms with E-state index in [4.69, 9.17) is 25.3 Å². The van der Waals surface area contributed by atoms with E-state index in [2.05, 4.69) is 20.6 Å². The number of nitrogens with two attached hydrogens (primary N) is 1. The van der Waals surface area contributed by atoms with E-state index in [0.717, 1.165) is 5.57 Å². The molecule has 0 amide bonds. The molecule has 16 heavy (non-hydrogen) atoms. The van der Waals surface area contributed by atoms with Crippen molar-refractivity contribution in [3.63, 3.8) is 0 Å². The molecule has 1 atom stereocenters. The van der Waals surface area contributed by atoms with E-state index in [9.17, 15) is 0 Å². The van der Waals surface area contributed by atoms with Crippen molar-refractivity contribution in [2.45, 2.75) is 18.8 Å². The molecule has 0 saturated carbocycles. The first-order chi connectivity index (χ1) is 7.52. The van der Waals surface area contributed by atoms with Gasteiger partial charge in [0.25, 0.3) is 0 Å². The van der Waals surface area contributed by atoms with E-state index >= 15 is 0 Å². The largest absolute Gasteiger partial charge is 0.300 e. The Morgan fingerprint density at radius 1 is 1.69 bits per heavy atom. The number of hydrogen-bond acceptors (Lipinski definition) is 6. The second-order valence-corrected chi connectivity index (χ2v) is 5.29. The van der Waals surface area contributed by atoms with Crippen molar-refractivity contribution >= 4 is 41.5 Å². The van der Waals surface area contributed by atoms with E-state index in [0.29, 0.717) is 21.6 Å². The molecular weight excluding hydrogens is 244 g/mol. The first-order valence-corrected chi connectivity index (χ1v) is 5.74. The molecule has 0 aliphatic carbocycles. The molecule has 8 heteroatoms. The van der Waals surface area contributed by atoms with E-state index in [1.54, 1.807) is 13.1 Å². The van der Waals surface area contributed by atoms with Crippen molar-refractivity contribution < 1.29 is 0 Å². The molecule has 0 aromatic carbocycles. The molecule has 1 aromatic heterocycles. The van der Waals surface area contributed by atoms with Gasteiger partial charge in [0.1, 0.15) is 17.9 Å². The number of nitrogen functional groups attached to an aromatic ring is 1. The monoisotopic (exact) mass is 253 g/mol. The lowest BCUT2D eigenvalue weighted by Crippen LogP contribution is -2.23. The van der Waals surface area contributed by atoms with Crippen LogP contribution in [0, 0.1) is 0 Å². The van der Waals surface area contributed by atoms with Gasteiger partial charge in [0.05, 0.1) is 6.20 Å². The maximum atomic E-state index is 6.06. The van der Waals surface area contributed by atoms with Gasteiger partial charge in [-0.05, 0) is 13.3 Å². The summed E-state index contributed by atoms with van der Waals surface area (Å²) >= 11 is 7.33. The Balaban J connectivity index is 2.34. The van der Waals surface area contributed by atoms with Crippen molar-refractivity contribution in [3.8, 4) is 0 Å². The minimum absolute atomic E-state index is 0.546. The second kappa shape index (κ2) is 4.16. The van der Waals surface area contributed by atoms with Gasteiger partial charge in [0.15, 0.2) is 5.13 Å². The quantitative estimate of drug-likeness (QED) is 0.482. The zero-order valence-corrected chi connectivity index (χ0v) is 10.1. The van der Waals surface area contributed by atoms with Crippen LogP contribution in [0.2, 0.25) is 4.34 Å². The van der Waals surface area contributed by atoms with E-state index in [1.165, 1.54) is 11.3 Å². The Bertz CT molecular complexity index is 467. The van der Waals surface area contributed by atoms with Gasteiger partial charge in [0.2, 0.25) is 0 Å². The minimum atomic E-state index is -0.701. The Labute approximate surface area is 103 Å². The molecule has 1 aromatic rings. The molecule has 5 nitrogen and oxygen atoms in total. The summed E-state index contributed by atoms with van der Waals surface area (Å²) in [6.45, 7) is 1.80. The topological polar surface area (TPSA) is 75.7 Å². The molecule has 1 unspecified atom stereocenters. The van der Waals surface area contributed by atoms with Crippen LogP contribution in [0.5, 0.6) is 0 Å². The summed E-state index contributed by atoms with van der Waals surface area (Å²) in [7, 11) is 5.89. The maximum Gasteiger partial charge on any atom is 0.199 e. The fourth-order valence-corrected chi connectivity index (χ4v) is 2.43. The van der Waals surface area contributed by atoms with Crippen molar-refractivity contribution in [2.24, 2.45) is 16.1 Å². The highest BCUT2D eigenvalue weighted by Crippen LogP contribution is 2.37. The van der Waals surface area contributed by atoms with Crippen LogP contribution >= 0.6 is 22.9 Å². The summed E-state index contributed by atoms with van der Waals surface area (Å²) in [6.07, 6.45) is 2.17. The highest BCUT2D eigenvalue weighted by atomic mass is 35.5. The molecule has 0 bridgehead atoms. The van der Waals surface area contributed by atoms with Gasteiger partial charge in [0, 0.05) is 11.0 Å². The first-order valence-electron chi connectivity index (χ1n) is 4.55. The lowest BCUT2D eigenvalue weighted by Gasteiger charge is -2.22. The van der Waals surface area contributed by atoms with E-state index in [-0.39, 0.29) is 0 Å². The summed E-state index contributed by atoms with van der Waals surface area (Å²) in [6, 6.07) is 0. The van der Waals surface area contributed by atoms with E-state index in [1.807, 2.05) is 0 Å². The third-order valence-corrected chi connectivity index (χ3v) is 3.25. The number of halogens is 1. The van der Waals surface area contributed by atoms with Gasteiger partial charge in [-0.2, -0.15) is 10.2 Å². The molecule has 2 rings (SSSR count). The maximum absolute atomic E-state index is 6.06. The van der Waals surface area contributed by atoms with Crippen LogP contribution < -0.4 is 11.3 Å². The van der Waals surface area contributed by atoms with Crippen LogP contribution in [0.3, 0.4) is 0 Å². The molecule has 1 aliphatic heterocycles. The molecule has 82 valence electrons. The van der Waals surface area contributed by atoms with Crippen LogP contribution in [0.1, 0.15) is 19.0 Å². The first kappa shape index (κ1) is 11.6. The highest BCUT2D eigenvalue weighted by molar-refractivity contribution is 7.19. The number of nitrogens with zero attached hydrogens (tertiary/aromatic N) is 3. The summed E-state index contributed by atoms with van der Waals surface area (Å²) in [4.78, 5) is 4.24. The Morgan fingerprint density at radius 3 is 3.00 bits per heavy atom. The summed E-state index contributed by atoms with van der Waals surface area (Å²) < 4.78 is 0.562. The molecule has 2 radical (unpaired) electrons. The normalized spacial score (nSPS) is 24.3. The summed E-state index contributed by atoms with van der Waals surface area (Å²) in [5, 5.41) is 8.33. The molecule has 2 heterocycles. The van der Waals surface area contributed by atoms with Gasteiger partial charge >= 0.3 is 0 Å². The Kier molecular flexibility index (Phi) is 3.01. The van der Waals surface area contributed by atoms with Crippen LogP contribution in [-0.2, 0) is 0 Å². The predicted molar refractivity (Wildman–Crippen MR) is 66.5 cm³/mol. The van der Waals surface area contributed by atoms with Crippen molar-refractivity contribution in [2.75, 3.05) is 5.43 Å². The number of anilines is 1. The zero-order valence-electron chi connectivity index (χ0n) is 8.57. The molecular formula is C8H9BClN5S. The number of hydrazine groups is 1. The Morgan fingerprint density at radius 2 is 2.44 bits per heavy atom. The van der Waals surface area contributed by atoms with Gasteiger partial charge in [-0.25, -0.2) is 10.8 Å². The molecule has 1 aliphatic rings. The number of nitrogens with one attached hydrogen (secondary N) is 1. The number of aromatic nitrogens is 1. The van der Waals surface area contributed by atoms with Gasteiger partial charge in [-0.15, -0.1) is 0 Å². The van der Waals surface area contributed by atoms with Gasteiger partial charge in [-0.1, -0.05) is 22.9 Å². The van der Waals surface area contributed by atoms with Crippen LogP contribution in [0.15, 0.2) is 16.4 Å². The highest BCUT2D eigenvalue weighted by Gasteiger charge is 2.25. The molecule has 0 fully saturated rings. The smallest absolute Gasteiger partial charge is 0.199 e. The average Bonchev–Trinajstić information content (AvgIpc) is 2.58. The SMILES string of the molecule is [B]C1(C)CC(c2nc(NN)sc2Cl)=CN=N1. The predicted octanol–water partition coefficient (Wildman–Crippen LogP) is 2.16. The number of azo groups is 1. The lowest BCUT2D eigenvalue weighted by atomic mass is 9.75. The van der Waals surface area contributed by atoms with Crippen molar-refractivity contribution in [3.05, 3.63) is 16.2 Å². The zero-order chi connectivity index (χ0) is 11.8. The van der Waals surface area contributed by atoms with Crippen molar-refractivity contribution in [1.29, 1.82) is 0 Å². The minimum Gasteiger partial charge on any atom is -0.300 e. The summed E-state index contributed by atoms with van der Waals surface area (Å²) in [5.74, 6) is 5.27. The fourth-order valence-electron chi connectivity index (χ4n) is 1.40. The number of hydrogen-bond donors (Lipinski definition) is 2. The lowest BCUT2D eigenvalue weighted by molar-refractivity contribution is 0.629.